The minimum absolute atomic E-state index is 0.249. The highest BCUT2D eigenvalue weighted by Gasteiger charge is 2.14. The number of hydrogen-bond acceptors (Lipinski definition) is 4. The van der Waals surface area contributed by atoms with Crippen LogP contribution in [0.5, 0.6) is 0 Å². The maximum Gasteiger partial charge on any atom is 0.337 e. The second-order valence-corrected chi connectivity index (χ2v) is 5.18. The molecule has 19 heavy (non-hydrogen) atoms. The van der Waals surface area contributed by atoms with Gasteiger partial charge in [-0.1, -0.05) is 28.1 Å². The average molecular weight is 329 g/mol. The van der Waals surface area contributed by atoms with Gasteiger partial charge in [-0.15, -0.1) is 0 Å². The summed E-state index contributed by atoms with van der Waals surface area (Å²) < 4.78 is 9.26. The number of ether oxygens (including phenoxy) is 2. The molecule has 0 saturated heterocycles. The van der Waals surface area contributed by atoms with Crippen LogP contribution >= 0.6 is 15.9 Å². The molecular weight excluding hydrogens is 312 g/mol. The van der Waals surface area contributed by atoms with Gasteiger partial charge in [0, 0.05) is 0 Å². The van der Waals surface area contributed by atoms with Crippen molar-refractivity contribution in [2.24, 2.45) is 0 Å². The van der Waals surface area contributed by atoms with Crippen LogP contribution in [-0.4, -0.2) is 31.0 Å². The lowest BCUT2D eigenvalue weighted by atomic mass is 10.1. The van der Waals surface area contributed by atoms with E-state index >= 15 is 0 Å². The van der Waals surface area contributed by atoms with Gasteiger partial charge < -0.3 is 9.47 Å². The number of esters is 2. The third-order valence-corrected chi connectivity index (χ3v) is 3.59. The summed E-state index contributed by atoms with van der Waals surface area (Å²) in [7, 11) is 2.74. The van der Waals surface area contributed by atoms with E-state index in [0.29, 0.717) is 12.0 Å². The van der Waals surface area contributed by atoms with Crippen LogP contribution in [0.3, 0.4) is 0 Å². The van der Waals surface area contributed by atoms with E-state index in [0.717, 1.165) is 18.4 Å². The standard InChI is InChI=1S/C14H17BrO4/c1-18-13(16)11-8-6-10(7-9-11)4-3-5-12(15)14(17)19-2/h6-9,12H,3-5H2,1-2H3. The van der Waals surface area contributed by atoms with Gasteiger partial charge in [-0.05, 0) is 37.0 Å². The van der Waals surface area contributed by atoms with Gasteiger partial charge in [0.2, 0.25) is 0 Å². The van der Waals surface area contributed by atoms with E-state index < -0.39 is 0 Å². The summed E-state index contributed by atoms with van der Waals surface area (Å²) in [5, 5.41) is 0. The number of alkyl halides is 1. The predicted molar refractivity (Wildman–Crippen MR) is 75.5 cm³/mol. The Hall–Kier alpha value is -1.36. The van der Waals surface area contributed by atoms with Gasteiger partial charge in [0.25, 0.3) is 0 Å². The molecule has 1 atom stereocenters. The lowest BCUT2D eigenvalue weighted by molar-refractivity contribution is -0.139. The Morgan fingerprint density at radius 2 is 1.79 bits per heavy atom. The second-order valence-electron chi connectivity index (χ2n) is 4.07. The molecule has 104 valence electrons. The summed E-state index contributed by atoms with van der Waals surface area (Å²) in [4.78, 5) is 22.2. The molecule has 5 heteroatoms. The van der Waals surface area contributed by atoms with Crippen LogP contribution in [0.25, 0.3) is 0 Å². The second kappa shape index (κ2) is 7.94. The minimum atomic E-state index is -0.335. The normalized spacial score (nSPS) is 11.7. The number of aryl methyl sites for hydroxylation is 1. The van der Waals surface area contributed by atoms with Crippen molar-refractivity contribution < 1.29 is 19.1 Å². The largest absolute Gasteiger partial charge is 0.468 e. The zero-order valence-electron chi connectivity index (χ0n) is 11.0. The predicted octanol–water partition coefficient (Wildman–Crippen LogP) is 2.73. The first-order valence-electron chi connectivity index (χ1n) is 5.97. The van der Waals surface area contributed by atoms with Crippen LogP contribution in [0.15, 0.2) is 24.3 Å². The molecule has 0 radical (unpaired) electrons. The molecular formula is C14H17BrO4. The fourth-order valence-corrected chi connectivity index (χ4v) is 2.17. The SMILES string of the molecule is COC(=O)c1ccc(CCCC(Br)C(=O)OC)cc1. The monoisotopic (exact) mass is 328 g/mol. The van der Waals surface area contributed by atoms with Crippen molar-refractivity contribution in [3.8, 4) is 0 Å². The molecule has 0 aliphatic heterocycles. The Morgan fingerprint density at radius 3 is 2.32 bits per heavy atom. The fourth-order valence-electron chi connectivity index (χ4n) is 1.66. The summed E-state index contributed by atoms with van der Waals surface area (Å²) in [6.45, 7) is 0. The van der Waals surface area contributed by atoms with E-state index in [-0.39, 0.29) is 16.8 Å². The van der Waals surface area contributed by atoms with Crippen molar-refractivity contribution in [3.05, 3.63) is 35.4 Å². The molecule has 4 nitrogen and oxygen atoms in total. The van der Waals surface area contributed by atoms with Gasteiger partial charge in [0.1, 0.15) is 4.83 Å². The third-order valence-electron chi connectivity index (χ3n) is 2.75. The van der Waals surface area contributed by atoms with Crippen LogP contribution in [-0.2, 0) is 20.7 Å². The molecule has 0 aliphatic carbocycles. The van der Waals surface area contributed by atoms with E-state index in [4.69, 9.17) is 0 Å². The Balaban J connectivity index is 2.42. The van der Waals surface area contributed by atoms with Gasteiger partial charge in [-0.3, -0.25) is 4.79 Å². The van der Waals surface area contributed by atoms with Crippen LogP contribution in [0, 0.1) is 0 Å². The zero-order chi connectivity index (χ0) is 14.3. The van der Waals surface area contributed by atoms with E-state index in [1.165, 1.54) is 14.2 Å². The van der Waals surface area contributed by atoms with Gasteiger partial charge in [0.15, 0.2) is 0 Å². The number of hydrogen-bond donors (Lipinski definition) is 0. The molecule has 0 aliphatic rings. The number of methoxy groups -OCH3 is 2. The quantitative estimate of drug-likeness (QED) is 0.595. The van der Waals surface area contributed by atoms with Crippen molar-refractivity contribution >= 4 is 27.9 Å². The van der Waals surface area contributed by atoms with Gasteiger partial charge >= 0.3 is 11.9 Å². The first kappa shape index (κ1) is 15.7. The molecule has 0 amide bonds. The Morgan fingerprint density at radius 1 is 1.16 bits per heavy atom. The van der Waals surface area contributed by atoms with Crippen LogP contribution < -0.4 is 0 Å². The smallest absolute Gasteiger partial charge is 0.337 e. The number of halogens is 1. The van der Waals surface area contributed by atoms with Crippen LogP contribution in [0.1, 0.15) is 28.8 Å². The topological polar surface area (TPSA) is 52.6 Å². The lowest BCUT2D eigenvalue weighted by Crippen LogP contribution is -2.15. The summed E-state index contributed by atoms with van der Waals surface area (Å²) in [6.07, 6.45) is 2.43. The average Bonchev–Trinajstić information content (AvgIpc) is 2.46. The molecule has 0 spiro atoms. The maximum atomic E-state index is 11.3. The first-order chi connectivity index (χ1) is 9.08. The summed E-state index contributed by atoms with van der Waals surface area (Å²) in [6, 6.07) is 7.28. The molecule has 0 fully saturated rings. The molecule has 1 unspecified atom stereocenters. The summed E-state index contributed by atoms with van der Waals surface area (Å²) in [5.41, 5.74) is 1.66. The van der Waals surface area contributed by atoms with Crippen molar-refractivity contribution in [1.82, 2.24) is 0 Å². The molecule has 1 aromatic rings. The summed E-state index contributed by atoms with van der Waals surface area (Å²) in [5.74, 6) is -0.584. The highest BCUT2D eigenvalue weighted by atomic mass is 79.9. The molecule has 0 N–H and O–H groups in total. The minimum Gasteiger partial charge on any atom is -0.468 e. The van der Waals surface area contributed by atoms with E-state index in [1.54, 1.807) is 12.1 Å². The van der Waals surface area contributed by atoms with E-state index in [9.17, 15) is 9.59 Å². The van der Waals surface area contributed by atoms with Crippen molar-refractivity contribution in [2.75, 3.05) is 14.2 Å². The highest BCUT2D eigenvalue weighted by Crippen LogP contribution is 2.14. The van der Waals surface area contributed by atoms with Crippen molar-refractivity contribution in [2.45, 2.75) is 24.1 Å². The van der Waals surface area contributed by atoms with E-state index in [1.807, 2.05) is 12.1 Å². The molecule has 1 rings (SSSR count). The molecule has 0 aromatic heterocycles. The third kappa shape index (κ3) is 5.03. The lowest BCUT2D eigenvalue weighted by Gasteiger charge is -2.07. The van der Waals surface area contributed by atoms with Crippen molar-refractivity contribution in [3.63, 3.8) is 0 Å². The highest BCUT2D eigenvalue weighted by molar-refractivity contribution is 9.10. The van der Waals surface area contributed by atoms with Gasteiger partial charge in [-0.25, -0.2) is 4.79 Å². The number of carbonyl (C=O) groups excluding carboxylic acids is 2. The molecule has 0 saturated carbocycles. The van der Waals surface area contributed by atoms with Crippen LogP contribution in [0.2, 0.25) is 0 Å². The fraction of sp³-hybridized carbons (Fsp3) is 0.429. The molecule has 1 aromatic carbocycles. The zero-order valence-corrected chi connectivity index (χ0v) is 12.6. The molecule has 0 heterocycles. The first-order valence-corrected chi connectivity index (χ1v) is 6.89. The number of rotatable bonds is 6. The van der Waals surface area contributed by atoms with Crippen molar-refractivity contribution in [1.29, 1.82) is 0 Å². The van der Waals surface area contributed by atoms with E-state index in [2.05, 4.69) is 25.4 Å². The Bertz CT molecular complexity index is 428. The summed E-state index contributed by atoms with van der Waals surface area (Å²) >= 11 is 3.28. The number of carbonyl (C=O) groups is 2. The Kier molecular flexibility index (Phi) is 6.56. The maximum absolute atomic E-state index is 11.3. The van der Waals surface area contributed by atoms with Gasteiger partial charge in [0.05, 0.1) is 19.8 Å². The van der Waals surface area contributed by atoms with Crippen LogP contribution in [0.4, 0.5) is 0 Å². The molecule has 0 bridgehead atoms. The van der Waals surface area contributed by atoms with Gasteiger partial charge in [-0.2, -0.15) is 0 Å². The number of benzene rings is 1. The Labute approximate surface area is 121 Å².